The van der Waals surface area contributed by atoms with Crippen LogP contribution in [0.3, 0.4) is 0 Å². The summed E-state index contributed by atoms with van der Waals surface area (Å²) in [7, 11) is 3.49. The molecule has 1 aromatic carbocycles. The first kappa shape index (κ1) is 17.2. The fraction of sp³-hybridized carbons (Fsp3) is 0.294. The van der Waals surface area contributed by atoms with Gasteiger partial charge < -0.3 is 10.6 Å². The molecule has 0 bridgehead atoms. The third-order valence-corrected chi connectivity index (χ3v) is 4.44. The van der Waals surface area contributed by atoms with E-state index in [1.165, 1.54) is 10.4 Å². The van der Waals surface area contributed by atoms with E-state index in [0.717, 1.165) is 6.54 Å². The van der Waals surface area contributed by atoms with Gasteiger partial charge in [-0.2, -0.15) is 0 Å². The lowest BCUT2D eigenvalue weighted by Crippen LogP contribution is -2.29. The first-order valence-corrected chi connectivity index (χ1v) is 8.21. The van der Waals surface area contributed by atoms with Crippen LogP contribution in [0.5, 0.6) is 0 Å². The summed E-state index contributed by atoms with van der Waals surface area (Å²) in [6.45, 7) is 3.11. The van der Waals surface area contributed by atoms with E-state index in [2.05, 4.69) is 29.0 Å². The van der Waals surface area contributed by atoms with E-state index in [-0.39, 0.29) is 11.8 Å². The van der Waals surface area contributed by atoms with Gasteiger partial charge in [-0.3, -0.25) is 14.5 Å². The van der Waals surface area contributed by atoms with Gasteiger partial charge in [0.15, 0.2) is 0 Å². The number of thiophene rings is 1. The van der Waals surface area contributed by atoms with Gasteiger partial charge in [-0.05, 0) is 49.2 Å². The lowest BCUT2D eigenvalue weighted by atomic mass is 10.2. The molecule has 2 rings (SSSR count). The van der Waals surface area contributed by atoms with Crippen molar-refractivity contribution in [2.24, 2.45) is 0 Å². The average Bonchev–Trinajstić information content (AvgIpc) is 2.91. The molecule has 2 amide bonds. The molecule has 1 heterocycles. The number of hydrogen-bond donors (Lipinski definition) is 2. The Morgan fingerprint density at radius 2 is 2.04 bits per heavy atom. The first-order valence-electron chi connectivity index (χ1n) is 7.33. The molecule has 0 saturated heterocycles. The third-order valence-electron chi connectivity index (χ3n) is 3.43. The molecule has 0 radical (unpaired) electrons. The van der Waals surface area contributed by atoms with Crippen molar-refractivity contribution in [3.05, 3.63) is 51.7 Å². The number of likely N-dealkylation sites (N-methyl/N-ethyl adjacent to an activating group) is 1. The minimum Gasteiger partial charge on any atom is -0.355 e. The zero-order valence-electron chi connectivity index (χ0n) is 13.6. The molecule has 0 atom stereocenters. The zero-order valence-corrected chi connectivity index (χ0v) is 14.4. The Labute approximate surface area is 140 Å². The lowest BCUT2D eigenvalue weighted by Gasteiger charge is -2.16. The van der Waals surface area contributed by atoms with Crippen molar-refractivity contribution in [3.8, 4) is 0 Å². The minimum absolute atomic E-state index is 0.101. The van der Waals surface area contributed by atoms with Gasteiger partial charge in [0.05, 0.1) is 6.54 Å². The predicted octanol–water partition coefficient (Wildman–Crippen LogP) is 2.49. The van der Waals surface area contributed by atoms with Crippen LogP contribution >= 0.6 is 11.3 Å². The normalized spacial score (nSPS) is 10.6. The van der Waals surface area contributed by atoms with Gasteiger partial charge in [-0.25, -0.2) is 0 Å². The minimum atomic E-state index is -0.175. The summed E-state index contributed by atoms with van der Waals surface area (Å²) in [6, 6.07) is 8.98. The van der Waals surface area contributed by atoms with Crippen LogP contribution in [0, 0.1) is 6.92 Å². The second-order valence-electron chi connectivity index (χ2n) is 5.41. The van der Waals surface area contributed by atoms with E-state index in [0.29, 0.717) is 17.8 Å². The van der Waals surface area contributed by atoms with Crippen LogP contribution in [-0.4, -0.2) is 37.4 Å². The SMILES string of the molecule is CNC(=O)c1cccc(NC(=O)CN(C)Cc2sccc2C)c1. The number of rotatable bonds is 6. The Hall–Kier alpha value is -2.18. The summed E-state index contributed by atoms with van der Waals surface area (Å²) in [4.78, 5) is 27.0. The molecule has 0 fully saturated rings. The van der Waals surface area contributed by atoms with E-state index in [9.17, 15) is 9.59 Å². The Balaban J connectivity index is 1.91. The maximum Gasteiger partial charge on any atom is 0.251 e. The van der Waals surface area contributed by atoms with Crippen LogP contribution in [-0.2, 0) is 11.3 Å². The van der Waals surface area contributed by atoms with Crippen molar-refractivity contribution < 1.29 is 9.59 Å². The smallest absolute Gasteiger partial charge is 0.251 e. The molecule has 5 nitrogen and oxygen atoms in total. The van der Waals surface area contributed by atoms with Crippen molar-refractivity contribution in [1.82, 2.24) is 10.2 Å². The maximum atomic E-state index is 12.1. The molecule has 1 aromatic heterocycles. The number of anilines is 1. The number of hydrogen-bond acceptors (Lipinski definition) is 4. The Morgan fingerprint density at radius 1 is 1.26 bits per heavy atom. The van der Waals surface area contributed by atoms with Crippen LogP contribution in [0.2, 0.25) is 0 Å². The standard InChI is InChI=1S/C17H21N3O2S/c1-12-7-8-23-15(12)10-20(3)11-16(21)19-14-6-4-5-13(9-14)17(22)18-2/h4-9H,10-11H2,1-3H3,(H,18,22)(H,19,21). The second-order valence-corrected chi connectivity index (χ2v) is 6.41. The summed E-state index contributed by atoms with van der Waals surface area (Å²) < 4.78 is 0. The van der Waals surface area contributed by atoms with Gasteiger partial charge in [0.1, 0.15) is 0 Å². The second kappa shape index (κ2) is 7.89. The first-order chi connectivity index (χ1) is 11.0. The van der Waals surface area contributed by atoms with Crippen LogP contribution in [0.1, 0.15) is 20.8 Å². The molecule has 2 N–H and O–H groups in total. The predicted molar refractivity (Wildman–Crippen MR) is 93.9 cm³/mol. The van der Waals surface area contributed by atoms with Crippen molar-refractivity contribution >= 4 is 28.8 Å². The summed E-state index contributed by atoms with van der Waals surface area (Å²) >= 11 is 1.70. The maximum absolute atomic E-state index is 12.1. The molecule has 23 heavy (non-hydrogen) atoms. The summed E-state index contributed by atoms with van der Waals surface area (Å²) in [5.41, 5.74) is 2.39. The Kier molecular flexibility index (Phi) is 5.90. The van der Waals surface area contributed by atoms with Crippen LogP contribution in [0.4, 0.5) is 5.69 Å². The van der Waals surface area contributed by atoms with Crippen LogP contribution in [0.15, 0.2) is 35.7 Å². The molecular weight excluding hydrogens is 310 g/mol. The molecule has 0 aliphatic carbocycles. The number of amides is 2. The van der Waals surface area contributed by atoms with E-state index in [4.69, 9.17) is 0 Å². The highest BCUT2D eigenvalue weighted by Gasteiger charge is 2.10. The number of carbonyl (C=O) groups excluding carboxylic acids is 2. The molecule has 6 heteroatoms. The van der Waals surface area contributed by atoms with Crippen LogP contribution < -0.4 is 10.6 Å². The van der Waals surface area contributed by atoms with Gasteiger partial charge >= 0.3 is 0 Å². The summed E-state index contributed by atoms with van der Waals surface area (Å²) in [5, 5.41) is 7.45. The average molecular weight is 331 g/mol. The topological polar surface area (TPSA) is 61.4 Å². The largest absolute Gasteiger partial charge is 0.355 e. The lowest BCUT2D eigenvalue weighted by molar-refractivity contribution is -0.117. The van der Waals surface area contributed by atoms with E-state index >= 15 is 0 Å². The van der Waals surface area contributed by atoms with Crippen molar-refractivity contribution in [2.75, 3.05) is 26.0 Å². The number of nitrogens with zero attached hydrogens (tertiary/aromatic N) is 1. The van der Waals surface area contributed by atoms with Crippen molar-refractivity contribution in [3.63, 3.8) is 0 Å². The van der Waals surface area contributed by atoms with Crippen molar-refractivity contribution in [1.29, 1.82) is 0 Å². The van der Waals surface area contributed by atoms with E-state index < -0.39 is 0 Å². The fourth-order valence-electron chi connectivity index (χ4n) is 2.20. The van der Waals surface area contributed by atoms with Gasteiger partial charge in [0.25, 0.3) is 5.91 Å². The molecule has 0 spiro atoms. The van der Waals surface area contributed by atoms with E-state index in [1.54, 1.807) is 42.6 Å². The number of nitrogens with one attached hydrogen (secondary N) is 2. The summed E-state index contributed by atoms with van der Waals surface area (Å²) in [6.07, 6.45) is 0. The molecule has 0 aliphatic rings. The van der Waals surface area contributed by atoms with Gasteiger partial charge in [-0.1, -0.05) is 6.07 Å². The molecule has 122 valence electrons. The molecule has 0 aliphatic heterocycles. The Morgan fingerprint density at radius 3 is 2.70 bits per heavy atom. The van der Waals surface area contributed by atoms with Gasteiger partial charge in [0, 0.05) is 29.7 Å². The number of benzene rings is 1. The Bertz CT molecular complexity index is 697. The molecule has 2 aromatic rings. The number of aryl methyl sites for hydroxylation is 1. The molecular formula is C17H21N3O2S. The molecule has 0 unspecified atom stereocenters. The fourth-order valence-corrected chi connectivity index (χ4v) is 3.18. The number of carbonyl (C=O) groups is 2. The zero-order chi connectivity index (χ0) is 16.8. The highest BCUT2D eigenvalue weighted by molar-refractivity contribution is 7.10. The summed E-state index contributed by atoms with van der Waals surface area (Å²) in [5.74, 6) is -0.276. The monoisotopic (exact) mass is 331 g/mol. The highest BCUT2D eigenvalue weighted by atomic mass is 32.1. The van der Waals surface area contributed by atoms with Crippen LogP contribution in [0.25, 0.3) is 0 Å². The van der Waals surface area contributed by atoms with E-state index in [1.807, 2.05) is 11.9 Å². The molecule has 0 saturated carbocycles. The van der Waals surface area contributed by atoms with Gasteiger partial charge in [0.2, 0.25) is 5.91 Å². The van der Waals surface area contributed by atoms with Crippen molar-refractivity contribution in [2.45, 2.75) is 13.5 Å². The highest BCUT2D eigenvalue weighted by Crippen LogP contribution is 2.17. The quantitative estimate of drug-likeness (QED) is 0.855. The van der Waals surface area contributed by atoms with Gasteiger partial charge in [-0.15, -0.1) is 11.3 Å². The third kappa shape index (κ3) is 4.91.